The van der Waals surface area contributed by atoms with Gasteiger partial charge in [0.25, 0.3) is 0 Å². The Balaban J connectivity index is 2.03. The third-order valence-electron chi connectivity index (χ3n) is 4.06. The van der Waals surface area contributed by atoms with Crippen LogP contribution in [0.25, 0.3) is 0 Å². The molecule has 0 saturated carbocycles. The van der Waals surface area contributed by atoms with E-state index in [0.29, 0.717) is 29.2 Å². The van der Waals surface area contributed by atoms with E-state index in [1.165, 1.54) is 7.11 Å². The minimum Gasteiger partial charge on any atom is -0.469 e. The van der Waals surface area contributed by atoms with Crippen molar-refractivity contribution in [3.05, 3.63) is 57.9 Å². The Bertz CT molecular complexity index is 763. The van der Waals surface area contributed by atoms with Gasteiger partial charge >= 0.3 is 5.97 Å². The predicted octanol–water partition coefficient (Wildman–Crippen LogP) is 3.34. The van der Waals surface area contributed by atoms with E-state index in [0.717, 1.165) is 11.3 Å². The zero-order valence-corrected chi connectivity index (χ0v) is 13.2. The Morgan fingerprint density at radius 2 is 2.09 bits per heavy atom. The van der Waals surface area contributed by atoms with Gasteiger partial charge in [-0.2, -0.15) is 0 Å². The third kappa shape index (κ3) is 2.33. The van der Waals surface area contributed by atoms with E-state index >= 15 is 0 Å². The van der Waals surface area contributed by atoms with Crippen molar-refractivity contribution in [1.82, 2.24) is 4.57 Å². The van der Waals surface area contributed by atoms with E-state index in [1.807, 2.05) is 29.7 Å². The summed E-state index contributed by atoms with van der Waals surface area (Å²) in [6.45, 7) is 2.53. The van der Waals surface area contributed by atoms with Crippen molar-refractivity contribution in [3.8, 4) is 0 Å². The van der Waals surface area contributed by atoms with Gasteiger partial charge in [0.1, 0.15) is 5.69 Å². The quantitative estimate of drug-likeness (QED) is 0.644. The van der Waals surface area contributed by atoms with Gasteiger partial charge in [0.2, 0.25) is 5.78 Å². The van der Waals surface area contributed by atoms with E-state index < -0.39 is 0 Å². The third-order valence-corrected chi connectivity index (χ3v) is 4.35. The summed E-state index contributed by atoms with van der Waals surface area (Å²) < 4.78 is 6.66. The van der Waals surface area contributed by atoms with Crippen LogP contribution in [-0.2, 0) is 16.1 Å². The monoisotopic (exact) mass is 317 g/mol. The van der Waals surface area contributed by atoms with Crippen molar-refractivity contribution >= 4 is 23.4 Å². The Morgan fingerprint density at radius 3 is 2.77 bits per heavy atom. The highest BCUT2D eigenvalue weighted by atomic mass is 35.5. The molecule has 1 aromatic carbocycles. The van der Waals surface area contributed by atoms with Gasteiger partial charge in [-0.05, 0) is 25.5 Å². The summed E-state index contributed by atoms with van der Waals surface area (Å²) in [5, 5.41) is 0.384. The summed E-state index contributed by atoms with van der Waals surface area (Å²) in [4.78, 5) is 24.6. The van der Waals surface area contributed by atoms with Crippen LogP contribution in [0.2, 0.25) is 5.02 Å². The van der Waals surface area contributed by atoms with Gasteiger partial charge in [-0.1, -0.05) is 35.4 Å². The van der Waals surface area contributed by atoms with Crippen LogP contribution in [0.4, 0.5) is 0 Å². The maximum absolute atomic E-state index is 12.8. The lowest BCUT2D eigenvalue weighted by Gasteiger charge is -2.07. The Hall–Kier alpha value is -2.07. The zero-order chi connectivity index (χ0) is 15.9. The molecule has 22 heavy (non-hydrogen) atoms. The highest BCUT2D eigenvalue weighted by molar-refractivity contribution is 6.35. The SMILES string of the molecule is COC(=O)C1CCn2c1cc(Cl)c2C(=O)c1cccc(C)c1. The molecule has 114 valence electrons. The number of methoxy groups -OCH3 is 1. The lowest BCUT2D eigenvalue weighted by Crippen LogP contribution is -2.12. The standard InChI is InChI=1S/C17H16ClNO3/c1-10-4-3-5-11(8-10)16(20)15-13(18)9-14-12(17(21)22-2)6-7-19(14)15/h3-5,8-9,12H,6-7H2,1-2H3. The zero-order valence-electron chi connectivity index (χ0n) is 12.4. The molecular weight excluding hydrogens is 302 g/mol. The van der Waals surface area contributed by atoms with Crippen LogP contribution >= 0.6 is 11.6 Å². The van der Waals surface area contributed by atoms with Crippen molar-refractivity contribution < 1.29 is 14.3 Å². The maximum atomic E-state index is 12.8. The molecule has 1 atom stereocenters. The number of carbonyl (C=O) groups is 2. The number of esters is 1. The fourth-order valence-corrected chi connectivity index (χ4v) is 3.30. The minimum atomic E-state index is -0.346. The number of rotatable bonds is 3. The first kappa shape index (κ1) is 14.9. The summed E-state index contributed by atoms with van der Waals surface area (Å²) >= 11 is 6.27. The van der Waals surface area contributed by atoms with E-state index in [4.69, 9.17) is 16.3 Å². The molecule has 0 N–H and O–H groups in total. The summed E-state index contributed by atoms with van der Waals surface area (Å²) in [7, 11) is 1.37. The van der Waals surface area contributed by atoms with Gasteiger partial charge in [0.15, 0.2) is 0 Å². The molecule has 1 unspecified atom stereocenters. The van der Waals surface area contributed by atoms with Crippen LogP contribution in [-0.4, -0.2) is 23.4 Å². The fourth-order valence-electron chi connectivity index (χ4n) is 3.00. The van der Waals surface area contributed by atoms with Gasteiger partial charge in [-0.25, -0.2) is 0 Å². The fraction of sp³-hybridized carbons (Fsp3) is 0.294. The Morgan fingerprint density at radius 1 is 1.32 bits per heavy atom. The number of carbonyl (C=O) groups excluding carboxylic acids is 2. The van der Waals surface area contributed by atoms with Gasteiger partial charge in [-0.3, -0.25) is 9.59 Å². The van der Waals surface area contributed by atoms with Crippen LogP contribution in [0.1, 0.15) is 39.6 Å². The molecule has 0 radical (unpaired) electrons. The molecular formula is C17H16ClNO3. The molecule has 0 aliphatic carbocycles. The molecule has 1 aliphatic heterocycles. The number of aromatic nitrogens is 1. The molecule has 1 aromatic heterocycles. The highest BCUT2D eigenvalue weighted by Gasteiger charge is 2.34. The lowest BCUT2D eigenvalue weighted by molar-refractivity contribution is -0.142. The first-order valence-corrected chi connectivity index (χ1v) is 7.49. The van der Waals surface area contributed by atoms with E-state index in [9.17, 15) is 9.59 Å². The van der Waals surface area contributed by atoms with Crippen LogP contribution in [0.15, 0.2) is 30.3 Å². The average Bonchev–Trinajstić information content (AvgIpc) is 3.03. The molecule has 0 bridgehead atoms. The van der Waals surface area contributed by atoms with Gasteiger partial charge in [0, 0.05) is 17.8 Å². The number of ether oxygens (including phenoxy) is 1. The summed E-state index contributed by atoms with van der Waals surface area (Å²) in [5.74, 6) is -0.755. The average molecular weight is 318 g/mol. The van der Waals surface area contributed by atoms with Gasteiger partial charge in [0.05, 0.1) is 18.1 Å². The summed E-state index contributed by atoms with van der Waals surface area (Å²) in [6, 6.07) is 9.11. The van der Waals surface area contributed by atoms with Crippen molar-refractivity contribution in [1.29, 1.82) is 0 Å². The van der Waals surface area contributed by atoms with Crippen molar-refractivity contribution in [3.63, 3.8) is 0 Å². The molecule has 0 saturated heterocycles. The second-order valence-corrected chi connectivity index (χ2v) is 5.89. The normalized spacial score (nSPS) is 16.4. The number of halogens is 1. The summed E-state index contributed by atoms with van der Waals surface area (Å²) in [6.07, 6.45) is 0.632. The largest absolute Gasteiger partial charge is 0.469 e. The van der Waals surface area contributed by atoms with Crippen LogP contribution in [0.5, 0.6) is 0 Å². The van der Waals surface area contributed by atoms with E-state index in [-0.39, 0.29) is 17.7 Å². The Kier molecular flexibility index (Phi) is 3.79. The molecule has 2 heterocycles. The first-order chi connectivity index (χ1) is 10.5. The Labute approximate surface area is 133 Å². The number of ketones is 1. The van der Waals surface area contributed by atoms with Crippen molar-refractivity contribution in [2.45, 2.75) is 25.8 Å². The van der Waals surface area contributed by atoms with E-state index in [2.05, 4.69) is 0 Å². The molecule has 0 spiro atoms. The second kappa shape index (κ2) is 5.61. The number of hydrogen-bond acceptors (Lipinski definition) is 3. The number of aryl methyl sites for hydroxylation is 1. The van der Waals surface area contributed by atoms with Crippen molar-refractivity contribution in [2.75, 3.05) is 7.11 Å². The first-order valence-electron chi connectivity index (χ1n) is 7.11. The maximum Gasteiger partial charge on any atom is 0.314 e. The molecule has 0 fully saturated rings. The molecule has 0 amide bonds. The molecule has 5 heteroatoms. The smallest absolute Gasteiger partial charge is 0.314 e. The second-order valence-electron chi connectivity index (χ2n) is 5.48. The molecule has 4 nitrogen and oxygen atoms in total. The molecule has 1 aliphatic rings. The minimum absolute atomic E-state index is 0.120. The molecule has 2 aromatic rings. The topological polar surface area (TPSA) is 48.3 Å². The lowest BCUT2D eigenvalue weighted by atomic mass is 10.0. The van der Waals surface area contributed by atoms with Crippen LogP contribution in [0.3, 0.4) is 0 Å². The van der Waals surface area contributed by atoms with Crippen molar-refractivity contribution in [2.24, 2.45) is 0 Å². The van der Waals surface area contributed by atoms with Crippen LogP contribution < -0.4 is 0 Å². The number of fused-ring (bicyclic) bond motifs is 1. The van der Waals surface area contributed by atoms with E-state index in [1.54, 1.807) is 12.1 Å². The highest BCUT2D eigenvalue weighted by Crippen LogP contribution is 2.36. The summed E-state index contributed by atoms with van der Waals surface area (Å²) in [5.41, 5.74) is 2.83. The van der Waals surface area contributed by atoms with Gasteiger partial charge < -0.3 is 9.30 Å². The predicted molar refractivity (Wildman–Crippen MR) is 83.4 cm³/mol. The number of hydrogen-bond donors (Lipinski definition) is 0. The molecule has 3 rings (SSSR count). The van der Waals surface area contributed by atoms with Crippen LogP contribution in [0, 0.1) is 6.92 Å². The number of benzene rings is 1. The number of nitrogens with zero attached hydrogens (tertiary/aromatic N) is 1. The van der Waals surface area contributed by atoms with Gasteiger partial charge in [-0.15, -0.1) is 0 Å².